The van der Waals surface area contributed by atoms with Gasteiger partial charge in [-0.1, -0.05) is 12.1 Å². The van der Waals surface area contributed by atoms with Gasteiger partial charge < -0.3 is 20.2 Å². The molecule has 0 radical (unpaired) electrons. The first kappa shape index (κ1) is 28.0. The number of rotatable bonds is 12. The van der Waals surface area contributed by atoms with Crippen LogP contribution >= 0.6 is 22.6 Å². The van der Waals surface area contributed by atoms with Crippen molar-refractivity contribution in [2.45, 2.75) is 32.0 Å². The van der Waals surface area contributed by atoms with Crippen molar-refractivity contribution in [1.29, 1.82) is 0 Å². The lowest BCUT2D eigenvalue weighted by Gasteiger charge is -2.24. The minimum atomic E-state index is -3.66. The molecule has 0 aliphatic rings. The summed E-state index contributed by atoms with van der Waals surface area (Å²) in [6.45, 7) is 1.94. The van der Waals surface area contributed by atoms with Crippen LogP contribution < -0.4 is 15.4 Å². The van der Waals surface area contributed by atoms with E-state index in [1.54, 1.807) is 0 Å². The molecule has 13 heteroatoms. The normalized spacial score (nSPS) is 13.2. The molecule has 3 rings (SSSR count). The van der Waals surface area contributed by atoms with Crippen LogP contribution in [0.5, 0.6) is 0 Å². The fourth-order valence-electron chi connectivity index (χ4n) is 3.29. The van der Waals surface area contributed by atoms with Crippen molar-refractivity contribution >= 4 is 44.5 Å². The molecule has 0 aliphatic carbocycles. The van der Waals surface area contributed by atoms with E-state index in [1.807, 2.05) is 24.3 Å². The highest BCUT2D eigenvalue weighted by Gasteiger charge is 2.25. The number of aliphatic hydroxyl groups is 1. The monoisotopic (exact) mass is 634 g/mol. The Kier molecular flexibility index (Phi) is 9.76. The van der Waals surface area contributed by atoms with Crippen LogP contribution in [0, 0.1) is 15.2 Å². The van der Waals surface area contributed by atoms with Crippen LogP contribution in [0.2, 0.25) is 0 Å². The number of hydrogen-bond acceptors (Lipinski definition) is 7. The number of aliphatic hydroxyl groups excluding tert-OH is 1. The number of hydrogen-bond donors (Lipinski definition) is 4. The van der Waals surface area contributed by atoms with Gasteiger partial charge in [0.15, 0.2) is 5.69 Å². The van der Waals surface area contributed by atoms with Gasteiger partial charge in [0.1, 0.15) is 17.9 Å². The molecular formula is C23H25F2IN4O5S. The highest BCUT2D eigenvalue weighted by Crippen LogP contribution is 2.14. The van der Waals surface area contributed by atoms with Crippen LogP contribution in [0.4, 0.5) is 14.8 Å². The maximum atomic E-state index is 13.7. The van der Waals surface area contributed by atoms with Gasteiger partial charge in [0.05, 0.1) is 17.9 Å². The summed E-state index contributed by atoms with van der Waals surface area (Å²) in [7, 11) is -3.66. The molecular weight excluding hydrogens is 609 g/mol. The third-order valence-corrected chi connectivity index (χ3v) is 7.01. The number of anilines is 1. The van der Waals surface area contributed by atoms with Gasteiger partial charge in [-0.05, 0) is 71.3 Å². The number of carbonyl (C=O) groups excluding carboxylic acids is 1. The Hall–Kier alpha value is -2.62. The molecule has 2 aromatic carbocycles. The van der Waals surface area contributed by atoms with Gasteiger partial charge in [0.25, 0.3) is 5.91 Å². The SMILES string of the molecule is CCS(=O)(=O)Nc1nc(C(=O)N[C@@H](Cc2cc(F)cc(F)c2)[C@H](O)CNCc2cccc(I)c2)co1. The van der Waals surface area contributed by atoms with E-state index < -0.39 is 39.7 Å². The van der Waals surface area contributed by atoms with Crippen molar-refractivity contribution in [3.05, 3.63) is 80.8 Å². The van der Waals surface area contributed by atoms with E-state index >= 15 is 0 Å². The van der Waals surface area contributed by atoms with Gasteiger partial charge >= 0.3 is 6.01 Å². The predicted octanol–water partition coefficient (Wildman–Crippen LogP) is 2.81. The van der Waals surface area contributed by atoms with Crippen LogP contribution in [-0.2, 0) is 23.0 Å². The summed E-state index contributed by atoms with van der Waals surface area (Å²) in [4.78, 5) is 16.6. The van der Waals surface area contributed by atoms with Crippen molar-refractivity contribution < 1.29 is 31.5 Å². The van der Waals surface area contributed by atoms with Gasteiger partial charge in [-0.2, -0.15) is 4.98 Å². The lowest BCUT2D eigenvalue weighted by molar-refractivity contribution is 0.0825. The number of benzene rings is 2. The van der Waals surface area contributed by atoms with E-state index in [-0.39, 0.29) is 36.0 Å². The number of amides is 1. The number of sulfonamides is 1. The second kappa shape index (κ2) is 12.6. The molecule has 0 spiro atoms. The van der Waals surface area contributed by atoms with Crippen molar-refractivity contribution in [2.24, 2.45) is 0 Å². The van der Waals surface area contributed by atoms with E-state index in [9.17, 15) is 27.1 Å². The minimum Gasteiger partial charge on any atom is -0.431 e. The average Bonchev–Trinajstić information content (AvgIpc) is 3.26. The molecule has 2 atom stereocenters. The van der Waals surface area contributed by atoms with E-state index in [2.05, 4.69) is 42.9 Å². The Balaban J connectivity index is 1.71. The average molecular weight is 634 g/mol. The quantitative estimate of drug-likeness (QED) is 0.225. The number of carbonyl (C=O) groups is 1. The van der Waals surface area contributed by atoms with E-state index in [1.165, 1.54) is 6.92 Å². The second-order valence-corrected chi connectivity index (χ2v) is 11.2. The zero-order valence-corrected chi connectivity index (χ0v) is 22.1. The number of oxazole rings is 1. The molecule has 36 heavy (non-hydrogen) atoms. The lowest BCUT2D eigenvalue weighted by Crippen LogP contribution is -2.48. The van der Waals surface area contributed by atoms with Gasteiger partial charge in [-0.25, -0.2) is 21.9 Å². The van der Waals surface area contributed by atoms with Crippen molar-refractivity contribution in [3.8, 4) is 0 Å². The second-order valence-electron chi connectivity index (χ2n) is 7.93. The Bertz CT molecular complexity index is 1280. The lowest BCUT2D eigenvalue weighted by atomic mass is 10.0. The van der Waals surface area contributed by atoms with Gasteiger partial charge in [-0.15, -0.1) is 0 Å². The smallest absolute Gasteiger partial charge is 0.309 e. The maximum Gasteiger partial charge on any atom is 0.309 e. The Labute approximate surface area is 220 Å². The van der Waals surface area contributed by atoms with E-state index in [0.717, 1.165) is 33.6 Å². The van der Waals surface area contributed by atoms with Crippen molar-refractivity contribution in [1.82, 2.24) is 15.6 Å². The van der Waals surface area contributed by atoms with Gasteiger partial charge in [0.2, 0.25) is 10.0 Å². The maximum absolute atomic E-state index is 13.7. The first-order chi connectivity index (χ1) is 17.0. The van der Waals surface area contributed by atoms with Gasteiger partial charge in [-0.3, -0.25) is 4.79 Å². The van der Waals surface area contributed by atoms with Crippen molar-refractivity contribution in [2.75, 3.05) is 17.0 Å². The molecule has 1 aromatic heterocycles. The fraction of sp³-hybridized carbons (Fsp3) is 0.304. The molecule has 0 saturated heterocycles. The highest BCUT2D eigenvalue weighted by atomic mass is 127. The third-order valence-electron chi connectivity index (χ3n) is 5.09. The molecule has 4 N–H and O–H groups in total. The molecule has 0 aliphatic heterocycles. The molecule has 1 amide bonds. The molecule has 9 nitrogen and oxygen atoms in total. The molecule has 1 heterocycles. The summed E-state index contributed by atoms with van der Waals surface area (Å²) in [6.07, 6.45) is -0.267. The largest absolute Gasteiger partial charge is 0.431 e. The fourth-order valence-corrected chi connectivity index (χ4v) is 4.40. The Morgan fingerprint density at radius 2 is 1.89 bits per heavy atom. The zero-order chi connectivity index (χ0) is 26.3. The molecule has 194 valence electrons. The van der Waals surface area contributed by atoms with Crippen LogP contribution in [-0.4, -0.2) is 48.9 Å². The predicted molar refractivity (Wildman–Crippen MR) is 138 cm³/mol. The van der Waals surface area contributed by atoms with Crippen LogP contribution in [0.3, 0.4) is 0 Å². The molecule has 0 saturated carbocycles. The molecule has 0 fully saturated rings. The summed E-state index contributed by atoms with van der Waals surface area (Å²) >= 11 is 2.19. The van der Waals surface area contributed by atoms with Crippen molar-refractivity contribution in [3.63, 3.8) is 0 Å². The highest BCUT2D eigenvalue weighted by molar-refractivity contribution is 14.1. The topological polar surface area (TPSA) is 134 Å². The van der Waals surface area contributed by atoms with E-state index in [0.29, 0.717) is 6.54 Å². The summed E-state index contributed by atoms with van der Waals surface area (Å²) in [5.74, 6) is -2.56. The summed E-state index contributed by atoms with van der Waals surface area (Å²) < 4.78 is 58.9. The van der Waals surface area contributed by atoms with E-state index in [4.69, 9.17) is 4.42 Å². The standard InChI is InChI=1S/C23H25F2IN4O5S/c1-2-36(33,34)30-23-29-20(13-35-23)22(32)28-19(9-15-6-16(24)10-17(25)7-15)21(31)12-27-11-14-4-3-5-18(26)8-14/h3-8,10,13,19,21,27,31H,2,9,11-12H2,1H3,(H,28,32)(H,29,30)/t19-,21+/m0/s1. The number of nitrogens with zero attached hydrogens (tertiary/aromatic N) is 1. The molecule has 3 aromatic rings. The summed E-state index contributed by atoms with van der Waals surface area (Å²) in [5.41, 5.74) is 0.982. The number of nitrogens with one attached hydrogen (secondary N) is 3. The van der Waals surface area contributed by atoms with Crippen LogP contribution in [0.25, 0.3) is 0 Å². The summed E-state index contributed by atoms with van der Waals surface area (Å²) in [5, 5.41) is 16.5. The number of halogens is 3. The number of aromatic nitrogens is 1. The molecule has 0 bridgehead atoms. The third kappa shape index (κ3) is 8.50. The minimum absolute atomic E-state index is 0.0641. The Morgan fingerprint density at radius 1 is 1.17 bits per heavy atom. The molecule has 0 unspecified atom stereocenters. The van der Waals surface area contributed by atoms with Crippen LogP contribution in [0.1, 0.15) is 28.5 Å². The van der Waals surface area contributed by atoms with Crippen LogP contribution in [0.15, 0.2) is 53.1 Å². The van der Waals surface area contributed by atoms with Gasteiger partial charge in [0, 0.05) is 22.7 Å². The Morgan fingerprint density at radius 3 is 2.56 bits per heavy atom. The first-order valence-corrected chi connectivity index (χ1v) is 13.6. The first-order valence-electron chi connectivity index (χ1n) is 10.9. The zero-order valence-electron chi connectivity index (χ0n) is 19.2. The summed E-state index contributed by atoms with van der Waals surface area (Å²) in [6, 6.07) is 9.36.